The number of nitrogens with zero attached hydrogens (tertiary/aromatic N) is 3. The number of hydrogen-bond donors (Lipinski definition) is 3. The summed E-state index contributed by atoms with van der Waals surface area (Å²) in [5, 5.41) is 7.86. The Kier molecular flexibility index (Phi) is 9.15. The number of carbonyl (C=O) groups excluding carboxylic acids is 3. The van der Waals surface area contributed by atoms with Gasteiger partial charge in [-0.25, -0.2) is 18.6 Å². The summed E-state index contributed by atoms with van der Waals surface area (Å²) in [7, 11) is 1.73. The molecule has 2 heterocycles. The Balaban J connectivity index is 1.13. The summed E-state index contributed by atoms with van der Waals surface area (Å²) in [6, 6.07) is 11.9. The lowest BCUT2D eigenvalue weighted by Crippen LogP contribution is -2.35. The number of rotatable bonds is 11. The van der Waals surface area contributed by atoms with Crippen molar-refractivity contribution < 1.29 is 27.9 Å². The van der Waals surface area contributed by atoms with Crippen molar-refractivity contribution in [1.82, 2.24) is 14.8 Å². The lowest BCUT2D eigenvalue weighted by molar-refractivity contribution is -0.131. The van der Waals surface area contributed by atoms with Crippen molar-refractivity contribution in [3.05, 3.63) is 72.4 Å². The van der Waals surface area contributed by atoms with Crippen molar-refractivity contribution in [3.63, 3.8) is 0 Å². The zero-order chi connectivity index (χ0) is 30.4. The van der Waals surface area contributed by atoms with Crippen LogP contribution in [-0.2, 0) is 9.59 Å². The Labute approximate surface area is 248 Å². The van der Waals surface area contributed by atoms with Crippen molar-refractivity contribution >= 4 is 35.0 Å². The monoisotopic (exact) mass is 592 g/mol. The third-order valence-corrected chi connectivity index (χ3v) is 7.63. The smallest absolute Gasteiger partial charge is 0.322 e. The molecule has 3 aromatic rings. The summed E-state index contributed by atoms with van der Waals surface area (Å²) in [5.74, 6) is -1.59. The second-order valence-corrected chi connectivity index (χ2v) is 10.9. The topological polar surface area (TPSA) is 116 Å². The van der Waals surface area contributed by atoms with Crippen LogP contribution < -0.4 is 20.7 Å². The van der Waals surface area contributed by atoms with Crippen LogP contribution in [-0.4, -0.2) is 65.9 Å². The molecular formula is C31H34F2N6O4. The zero-order valence-electron chi connectivity index (χ0n) is 23.9. The minimum Gasteiger partial charge on any atom is -0.457 e. The van der Waals surface area contributed by atoms with E-state index >= 15 is 0 Å². The van der Waals surface area contributed by atoms with E-state index in [1.807, 2.05) is 0 Å². The SMILES string of the molecule is CN(CCCN1CCCC1)C(=O)Nc1cc(Oc2ccc(NC(=O)C3(C(=O)Nc4ccc(F)cc4)CC3)c(F)c2)ccn1. The third-order valence-electron chi connectivity index (χ3n) is 7.63. The van der Waals surface area contributed by atoms with Crippen LogP contribution in [0.1, 0.15) is 32.1 Å². The largest absolute Gasteiger partial charge is 0.457 e. The molecule has 1 aliphatic heterocycles. The predicted octanol–water partition coefficient (Wildman–Crippen LogP) is 5.46. The number of nitrogens with one attached hydrogen (secondary N) is 3. The number of benzene rings is 2. The first-order valence-electron chi connectivity index (χ1n) is 14.3. The van der Waals surface area contributed by atoms with Crippen LogP contribution in [0.25, 0.3) is 0 Å². The van der Waals surface area contributed by atoms with E-state index in [0.29, 0.717) is 30.8 Å². The molecule has 4 amide bonds. The number of likely N-dealkylation sites (tertiary alicyclic amines) is 1. The van der Waals surface area contributed by atoms with Crippen LogP contribution in [0.2, 0.25) is 0 Å². The molecule has 0 radical (unpaired) electrons. The van der Waals surface area contributed by atoms with Gasteiger partial charge in [-0.1, -0.05) is 0 Å². The van der Waals surface area contributed by atoms with E-state index in [9.17, 15) is 23.2 Å². The van der Waals surface area contributed by atoms with Crippen molar-refractivity contribution in [1.29, 1.82) is 0 Å². The van der Waals surface area contributed by atoms with Crippen LogP contribution in [0.3, 0.4) is 0 Å². The molecule has 2 aliphatic rings. The van der Waals surface area contributed by atoms with Crippen LogP contribution in [0.15, 0.2) is 60.8 Å². The first-order valence-corrected chi connectivity index (χ1v) is 14.3. The number of halogens is 2. The van der Waals surface area contributed by atoms with Crippen molar-refractivity contribution in [2.75, 3.05) is 49.2 Å². The molecule has 5 rings (SSSR count). The fourth-order valence-corrected chi connectivity index (χ4v) is 4.89. The third kappa shape index (κ3) is 7.63. The molecule has 1 aromatic heterocycles. The highest BCUT2D eigenvalue weighted by atomic mass is 19.1. The first-order chi connectivity index (χ1) is 20.7. The molecule has 10 nitrogen and oxygen atoms in total. The van der Waals surface area contributed by atoms with Gasteiger partial charge in [0.2, 0.25) is 11.8 Å². The molecule has 2 fully saturated rings. The lowest BCUT2D eigenvalue weighted by atomic mass is 10.0. The average Bonchev–Trinajstić information content (AvgIpc) is 3.65. The Morgan fingerprint density at radius 3 is 2.33 bits per heavy atom. The van der Waals surface area contributed by atoms with Gasteiger partial charge < -0.3 is 25.2 Å². The number of aromatic nitrogens is 1. The maximum atomic E-state index is 14.9. The van der Waals surface area contributed by atoms with Gasteiger partial charge in [0.25, 0.3) is 0 Å². The Hall–Kier alpha value is -4.58. The molecule has 43 heavy (non-hydrogen) atoms. The van der Waals surface area contributed by atoms with Crippen molar-refractivity contribution in [2.24, 2.45) is 5.41 Å². The molecule has 0 spiro atoms. The number of urea groups is 1. The number of hydrogen-bond acceptors (Lipinski definition) is 6. The van der Waals surface area contributed by atoms with Gasteiger partial charge in [0.1, 0.15) is 34.4 Å². The van der Waals surface area contributed by atoms with E-state index in [1.165, 1.54) is 61.5 Å². The fourth-order valence-electron chi connectivity index (χ4n) is 4.89. The molecule has 0 bridgehead atoms. The van der Waals surface area contributed by atoms with Gasteiger partial charge in [0.05, 0.1) is 5.69 Å². The Morgan fingerprint density at radius 2 is 1.63 bits per heavy atom. The summed E-state index contributed by atoms with van der Waals surface area (Å²) in [6.45, 7) is 3.81. The molecule has 0 unspecified atom stereocenters. The number of carbonyl (C=O) groups is 3. The second kappa shape index (κ2) is 13.2. The molecule has 12 heteroatoms. The van der Waals surface area contributed by atoms with E-state index in [1.54, 1.807) is 18.0 Å². The summed E-state index contributed by atoms with van der Waals surface area (Å²) in [5.41, 5.74) is -1.07. The highest BCUT2D eigenvalue weighted by Crippen LogP contribution is 2.47. The minimum absolute atomic E-state index is 0.103. The van der Waals surface area contributed by atoms with Crippen LogP contribution in [0.5, 0.6) is 11.5 Å². The van der Waals surface area contributed by atoms with Gasteiger partial charge in [-0.2, -0.15) is 0 Å². The molecule has 226 valence electrons. The van der Waals surface area contributed by atoms with Gasteiger partial charge in [0.15, 0.2) is 0 Å². The lowest BCUT2D eigenvalue weighted by Gasteiger charge is -2.20. The highest BCUT2D eigenvalue weighted by molar-refractivity contribution is 6.16. The van der Waals surface area contributed by atoms with E-state index < -0.39 is 28.9 Å². The maximum Gasteiger partial charge on any atom is 0.322 e. The first kappa shape index (κ1) is 29.9. The molecule has 0 atom stereocenters. The molecule has 1 aliphatic carbocycles. The molecule has 1 saturated carbocycles. The van der Waals surface area contributed by atoms with E-state index in [2.05, 4.69) is 25.8 Å². The summed E-state index contributed by atoms with van der Waals surface area (Å²) < 4.78 is 33.9. The number of pyridine rings is 1. The van der Waals surface area contributed by atoms with E-state index in [0.717, 1.165) is 32.1 Å². The highest BCUT2D eigenvalue weighted by Gasteiger charge is 2.56. The second-order valence-electron chi connectivity index (χ2n) is 10.9. The van der Waals surface area contributed by atoms with Crippen LogP contribution >= 0.6 is 0 Å². The standard InChI is InChI=1S/C31H34F2N6O4/c1-38(15-4-18-39-16-2-3-17-39)30(42)37-27-20-24(11-14-34-27)43-23-9-10-26(25(33)19-23)36-29(41)31(12-13-31)28(40)35-22-7-5-21(32)6-8-22/h5-11,14,19-20H,2-4,12-13,15-18H2,1H3,(H,35,40)(H,36,41)(H,34,37,42). The number of ether oxygens (including phenoxy) is 1. The summed E-state index contributed by atoms with van der Waals surface area (Å²) in [6.07, 6.45) is 5.43. The summed E-state index contributed by atoms with van der Waals surface area (Å²) >= 11 is 0. The molecule has 2 aromatic carbocycles. The fraction of sp³-hybridized carbons (Fsp3) is 0.355. The quantitative estimate of drug-likeness (QED) is 0.255. The Bertz CT molecular complexity index is 1480. The predicted molar refractivity (Wildman–Crippen MR) is 158 cm³/mol. The van der Waals surface area contributed by atoms with Crippen molar-refractivity contribution in [3.8, 4) is 11.5 Å². The molecule has 1 saturated heterocycles. The minimum atomic E-state index is -1.32. The van der Waals surface area contributed by atoms with Crippen molar-refractivity contribution in [2.45, 2.75) is 32.1 Å². The summed E-state index contributed by atoms with van der Waals surface area (Å²) in [4.78, 5) is 46.5. The van der Waals surface area contributed by atoms with Gasteiger partial charge in [-0.05, 0) is 94.2 Å². The van der Waals surface area contributed by atoms with Crippen LogP contribution in [0, 0.1) is 17.0 Å². The normalized spacial score (nSPS) is 15.4. The molecular weight excluding hydrogens is 558 g/mol. The van der Waals surface area contributed by atoms with E-state index in [4.69, 9.17) is 4.74 Å². The van der Waals surface area contributed by atoms with Crippen LogP contribution in [0.4, 0.5) is 30.8 Å². The zero-order valence-corrected chi connectivity index (χ0v) is 23.9. The average molecular weight is 593 g/mol. The van der Waals surface area contributed by atoms with Gasteiger partial charge in [-0.15, -0.1) is 0 Å². The van der Waals surface area contributed by atoms with Gasteiger partial charge in [0, 0.05) is 37.6 Å². The Morgan fingerprint density at radius 1 is 0.930 bits per heavy atom. The van der Waals surface area contributed by atoms with Gasteiger partial charge >= 0.3 is 6.03 Å². The van der Waals surface area contributed by atoms with Gasteiger partial charge in [-0.3, -0.25) is 14.9 Å². The number of anilines is 3. The molecule has 3 N–H and O–H groups in total. The number of amides is 4. The maximum absolute atomic E-state index is 14.9. The van der Waals surface area contributed by atoms with E-state index in [-0.39, 0.29) is 23.3 Å².